The third-order valence-corrected chi connectivity index (χ3v) is 3.96. The summed E-state index contributed by atoms with van der Waals surface area (Å²) in [6.45, 7) is 5.94. The van der Waals surface area contributed by atoms with Gasteiger partial charge in [0.1, 0.15) is 5.75 Å². The minimum Gasteiger partial charge on any atom is -0.493 e. The van der Waals surface area contributed by atoms with Gasteiger partial charge in [-0.15, -0.1) is 0 Å². The van der Waals surface area contributed by atoms with Crippen LogP contribution in [0, 0.1) is 25.5 Å². The predicted molar refractivity (Wildman–Crippen MR) is 88.9 cm³/mol. The first-order chi connectivity index (χ1) is 11.4. The van der Waals surface area contributed by atoms with Gasteiger partial charge in [-0.25, -0.2) is 8.78 Å². The normalized spacial score (nSPS) is 11.9. The average molecular weight is 333 g/mol. The summed E-state index contributed by atoms with van der Waals surface area (Å²) in [5.74, 6) is -1.28. The average Bonchev–Trinajstić information content (AvgIpc) is 2.54. The van der Waals surface area contributed by atoms with Gasteiger partial charge in [-0.2, -0.15) is 0 Å². The molecule has 5 heteroatoms. The molecule has 1 unspecified atom stereocenters. The molecule has 0 aliphatic rings. The highest BCUT2D eigenvalue weighted by molar-refractivity contribution is 5.76. The minimum atomic E-state index is -0.924. The summed E-state index contributed by atoms with van der Waals surface area (Å²) in [7, 11) is 0. The number of amides is 1. The van der Waals surface area contributed by atoms with Crippen molar-refractivity contribution in [3.63, 3.8) is 0 Å². The van der Waals surface area contributed by atoms with Crippen LogP contribution in [0.3, 0.4) is 0 Å². The van der Waals surface area contributed by atoms with E-state index in [2.05, 4.69) is 5.32 Å². The fourth-order valence-corrected chi connectivity index (χ4v) is 2.31. The molecular formula is C19H21F2NO2. The SMILES string of the molecule is Cc1cccc(OCCC(=O)NC(C)c2ccc(F)c(F)c2)c1C. The van der Waals surface area contributed by atoms with Crippen LogP contribution in [0.15, 0.2) is 36.4 Å². The van der Waals surface area contributed by atoms with E-state index >= 15 is 0 Å². The lowest BCUT2D eigenvalue weighted by molar-refractivity contribution is -0.122. The molecule has 0 aliphatic carbocycles. The largest absolute Gasteiger partial charge is 0.493 e. The van der Waals surface area contributed by atoms with Crippen LogP contribution < -0.4 is 10.1 Å². The first-order valence-electron chi connectivity index (χ1n) is 7.82. The Kier molecular flexibility index (Phi) is 5.90. The van der Waals surface area contributed by atoms with E-state index in [-0.39, 0.29) is 18.9 Å². The van der Waals surface area contributed by atoms with E-state index in [1.807, 2.05) is 32.0 Å². The summed E-state index contributed by atoms with van der Waals surface area (Å²) >= 11 is 0. The first kappa shape index (κ1) is 17.9. The van der Waals surface area contributed by atoms with E-state index in [4.69, 9.17) is 4.74 Å². The molecule has 2 rings (SSSR count). The monoisotopic (exact) mass is 333 g/mol. The van der Waals surface area contributed by atoms with Gasteiger partial charge in [0, 0.05) is 0 Å². The maximum Gasteiger partial charge on any atom is 0.223 e. The minimum absolute atomic E-state index is 0.182. The quantitative estimate of drug-likeness (QED) is 0.859. The summed E-state index contributed by atoms with van der Waals surface area (Å²) in [4.78, 5) is 12.0. The second kappa shape index (κ2) is 7.90. The molecule has 0 aliphatic heterocycles. The lowest BCUT2D eigenvalue weighted by Crippen LogP contribution is -2.28. The lowest BCUT2D eigenvalue weighted by atomic mass is 10.1. The Bertz CT molecular complexity index is 731. The number of benzene rings is 2. The highest BCUT2D eigenvalue weighted by Gasteiger charge is 2.12. The van der Waals surface area contributed by atoms with Gasteiger partial charge >= 0.3 is 0 Å². The molecule has 0 saturated carbocycles. The maximum absolute atomic E-state index is 13.2. The van der Waals surface area contributed by atoms with Crippen molar-refractivity contribution in [2.45, 2.75) is 33.2 Å². The summed E-state index contributed by atoms with van der Waals surface area (Å²) < 4.78 is 31.8. The van der Waals surface area contributed by atoms with E-state index in [0.29, 0.717) is 5.56 Å². The molecule has 2 aromatic carbocycles. The lowest BCUT2D eigenvalue weighted by Gasteiger charge is -2.15. The molecule has 2 aromatic rings. The summed E-state index contributed by atoms with van der Waals surface area (Å²) in [5, 5.41) is 2.75. The molecule has 0 saturated heterocycles. The Morgan fingerprint density at radius 2 is 1.92 bits per heavy atom. The molecule has 1 amide bonds. The van der Waals surface area contributed by atoms with Gasteiger partial charge in [0.25, 0.3) is 0 Å². The van der Waals surface area contributed by atoms with Gasteiger partial charge in [-0.05, 0) is 55.7 Å². The van der Waals surface area contributed by atoms with E-state index in [9.17, 15) is 13.6 Å². The Balaban J connectivity index is 1.84. The molecule has 1 atom stereocenters. The van der Waals surface area contributed by atoms with Crippen molar-refractivity contribution in [2.75, 3.05) is 6.61 Å². The summed E-state index contributed by atoms with van der Waals surface area (Å²) in [5.41, 5.74) is 2.69. The number of aryl methyl sites for hydroxylation is 1. The van der Waals surface area contributed by atoms with Crippen LogP contribution in [0.2, 0.25) is 0 Å². The van der Waals surface area contributed by atoms with Crippen molar-refractivity contribution < 1.29 is 18.3 Å². The van der Waals surface area contributed by atoms with E-state index in [1.54, 1.807) is 6.92 Å². The molecule has 0 bridgehead atoms. The number of carbonyl (C=O) groups is 1. The molecule has 0 fully saturated rings. The van der Waals surface area contributed by atoms with Crippen LogP contribution >= 0.6 is 0 Å². The number of ether oxygens (including phenoxy) is 1. The number of nitrogens with one attached hydrogen (secondary N) is 1. The fourth-order valence-electron chi connectivity index (χ4n) is 2.31. The van der Waals surface area contributed by atoms with Gasteiger partial charge in [-0.3, -0.25) is 4.79 Å². The van der Waals surface area contributed by atoms with Crippen LogP contribution in [0.4, 0.5) is 8.78 Å². The predicted octanol–water partition coefficient (Wildman–Crippen LogP) is 4.23. The van der Waals surface area contributed by atoms with E-state index < -0.39 is 17.7 Å². The number of carbonyl (C=O) groups excluding carboxylic acids is 1. The van der Waals surface area contributed by atoms with Crippen LogP contribution in [-0.4, -0.2) is 12.5 Å². The summed E-state index contributed by atoms with van der Waals surface area (Å²) in [6.07, 6.45) is 0.182. The van der Waals surface area contributed by atoms with Crippen molar-refractivity contribution in [3.05, 3.63) is 64.7 Å². The Morgan fingerprint density at radius 1 is 1.17 bits per heavy atom. The van der Waals surface area contributed by atoms with E-state index in [1.165, 1.54) is 6.07 Å². The van der Waals surface area contributed by atoms with Crippen LogP contribution in [0.25, 0.3) is 0 Å². The fraction of sp³-hybridized carbons (Fsp3) is 0.316. The molecule has 24 heavy (non-hydrogen) atoms. The third-order valence-electron chi connectivity index (χ3n) is 3.96. The second-order valence-electron chi connectivity index (χ2n) is 5.76. The zero-order valence-electron chi connectivity index (χ0n) is 14.0. The number of halogens is 2. The van der Waals surface area contributed by atoms with Gasteiger partial charge in [-0.1, -0.05) is 18.2 Å². The molecule has 0 radical (unpaired) electrons. The van der Waals surface area contributed by atoms with Crippen molar-refractivity contribution in [1.82, 2.24) is 5.32 Å². The zero-order chi connectivity index (χ0) is 17.7. The van der Waals surface area contributed by atoms with Crippen molar-refractivity contribution in [2.24, 2.45) is 0 Å². The van der Waals surface area contributed by atoms with Crippen molar-refractivity contribution in [3.8, 4) is 5.75 Å². The molecular weight excluding hydrogens is 312 g/mol. The van der Waals surface area contributed by atoms with Gasteiger partial charge in [0.2, 0.25) is 5.91 Å². The molecule has 128 valence electrons. The highest BCUT2D eigenvalue weighted by Crippen LogP contribution is 2.20. The zero-order valence-corrected chi connectivity index (χ0v) is 14.0. The van der Waals surface area contributed by atoms with Gasteiger partial charge in [0.05, 0.1) is 19.1 Å². The highest BCUT2D eigenvalue weighted by atomic mass is 19.2. The number of rotatable bonds is 6. The van der Waals surface area contributed by atoms with Gasteiger partial charge in [0.15, 0.2) is 11.6 Å². The Hall–Kier alpha value is -2.43. The Morgan fingerprint density at radius 3 is 2.62 bits per heavy atom. The number of hydrogen-bond acceptors (Lipinski definition) is 2. The van der Waals surface area contributed by atoms with Gasteiger partial charge < -0.3 is 10.1 Å². The van der Waals surface area contributed by atoms with Crippen LogP contribution in [0.5, 0.6) is 5.75 Å². The summed E-state index contributed by atoms with van der Waals surface area (Å²) in [6, 6.07) is 8.96. The Labute approximate surface area is 140 Å². The van der Waals surface area contributed by atoms with Crippen LogP contribution in [0.1, 0.15) is 36.1 Å². The van der Waals surface area contributed by atoms with E-state index in [0.717, 1.165) is 29.0 Å². The number of hydrogen-bond donors (Lipinski definition) is 1. The second-order valence-corrected chi connectivity index (χ2v) is 5.76. The maximum atomic E-state index is 13.2. The molecule has 0 spiro atoms. The standard InChI is InChI=1S/C19H21F2NO2/c1-12-5-4-6-18(13(12)2)24-10-9-19(23)22-14(3)15-7-8-16(20)17(21)11-15/h4-8,11,14H,9-10H2,1-3H3,(H,22,23). The smallest absolute Gasteiger partial charge is 0.223 e. The topological polar surface area (TPSA) is 38.3 Å². The molecule has 1 N–H and O–H groups in total. The van der Waals surface area contributed by atoms with Crippen molar-refractivity contribution >= 4 is 5.91 Å². The molecule has 0 aromatic heterocycles. The van der Waals surface area contributed by atoms with Crippen molar-refractivity contribution in [1.29, 1.82) is 0 Å². The molecule has 3 nitrogen and oxygen atoms in total. The third kappa shape index (κ3) is 4.54. The molecule has 0 heterocycles. The first-order valence-corrected chi connectivity index (χ1v) is 7.82. The van der Waals surface area contributed by atoms with Crippen LogP contribution in [-0.2, 0) is 4.79 Å².